The van der Waals surface area contributed by atoms with E-state index in [1.807, 2.05) is 39.0 Å². The Bertz CT molecular complexity index is 883. The second-order valence-electron chi connectivity index (χ2n) is 5.28. The number of aromatic nitrogens is 6. The molecule has 0 aliphatic heterocycles. The van der Waals surface area contributed by atoms with Crippen molar-refractivity contribution in [3.63, 3.8) is 0 Å². The minimum absolute atomic E-state index is 0.235. The molecule has 8 heteroatoms. The lowest BCUT2D eigenvalue weighted by Gasteiger charge is -2.12. The van der Waals surface area contributed by atoms with Crippen molar-refractivity contribution < 1.29 is 0 Å². The van der Waals surface area contributed by atoms with Crippen LogP contribution in [-0.4, -0.2) is 30.1 Å². The highest BCUT2D eigenvalue weighted by atomic mass is 16.1. The van der Waals surface area contributed by atoms with Gasteiger partial charge in [0.15, 0.2) is 5.82 Å². The number of aryl methyl sites for hydroxylation is 2. The first-order valence-electron chi connectivity index (χ1n) is 7.21. The lowest BCUT2D eigenvalue weighted by atomic mass is 10.1. The molecule has 118 valence electrons. The van der Waals surface area contributed by atoms with Gasteiger partial charge in [-0.1, -0.05) is 0 Å². The van der Waals surface area contributed by atoms with E-state index in [0.717, 1.165) is 22.6 Å². The van der Waals surface area contributed by atoms with Crippen LogP contribution < -0.4 is 11.0 Å². The zero-order chi connectivity index (χ0) is 16.4. The summed E-state index contributed by atoms with van der Waals surface area (Å²) in [5.74, 6) is 0.955. The van der Waals surface area contributed by atoms with E-state index in [1.165, 1.54) is 0 Å². The fourth-order valence-electron chi connectivity index (χ4n) is 2.29. The molecule has 0 radical (unpaired) electrons. The zero-order valence-corrected chi connectivity index (χ0v) is 13.1. The van der Waals surface area contributed by atoms with Gasteiger partial charge in [-0.25, -0.2) is 19.9 Å². The summed E-state index contributed by atoms with van der Waals surface area (Å²) in [6, 6.07) is 5.56. The summed E-state index contributed by atoms with van der Waals surface area (Å²) in [6.45, 7) is 5.77. The number of aromatic amines is 2. The molecule has 3 aromatic rings. The quantitative estimate of drug-likeness (QED) is 0.676. The molecule has 0 aromatic carbocycles. The number of pyridine rings is 1. The van der Waals surface area contributed by atoms with Gasteiger partial charge >= 0.3 is 5.69 Å². The Morgan fingerprint density at radius 1 is 1.17 bits per heavy atom. The van der Waals surface area contributed by atoms with Gasteiger partial charge in [-0.15, -0.1) is 0 Å². The zero-order valence-electron chi connectivity index (χ0n) is 13.1. The molecule has 0 aliphatic rings. The fraction of sp³-hybridized carbons (Fsp3) is 0.267. The van der Waals surface area contributed by atoms with Crippen molar-refractivity contribution in [3.05, 3.63) is 52.1 Å². The minimum atomic E-state index is -0.343. The molecule has 1 atom stereocenters. The van der Waals surface area contributed by atoms with Crippen LogP contribution in [0.4, 0.5) is 5.95 Å². The number of anilines is 1. The molecule has 0 saturated heterocycles. The van der Waals surface area contributed by atoms with Gasteiger partial charge in [-0.05, 0) is 39.0 Å². The molecule has 8 nitrogen and oxygen atoms in total. The van der Waals surface area contributed by atoms with Crippen molar-refractivity contribution in [1.82, 2.24) is 30.1 Å². The van der Waals surface area contributed by atoms with Crippen LogP contribution in [0.2, 0.25) is 0 Å². The van der Waals surface area contributed by atoms with E-state index in [-0.39, 0.29) is 11.7 Å². The first-order chi connectivity index (χ1) is 11.0. The third-order valence-corrected chi connectivity index (χ3v) is 3.43. The molecular formula is C15H17N7O. The van der Waals surface area contributed by atoms with Crippen LogP contribution in [0.5, 0.6) is 0 Å². The molecule has 0 bridgehead atoms. The second-order valence-corrected chi connectivity index (χ2v) is 5.28. The maximum absolute atomic E-state index is 11.1. The molecule has 0 saturated carbocycles. The summed E-state index contributed by atoms with van der Waals surface area (Å²) in [7, 11) is 0. The summed E-state index contributed by atoms with van der Waals surface area (Å²) in [6.07, 6.45) is 1.68. The van der Waals surface area contributed by atoms with Crippen molar-refractivity contribution in [2.75, 3.05) is 5.32 Å². The van der Waals surface area contributed by atoms with Crippen LogP contribution in [-0.2, 0) is 0 Å². The van der Waals surface area contributed by atoms with Crippen LogP contribution in [0.15, 0.2) is 29.2 Å². The van der Waals surface area contributed by atoms with Gasteiger partial charge in [-0.2, -0.15) is 5.10 Å². The summed E-state index contributed by atoms with van der Waals surface area (Å²) < 4.78 is 0. The largest absolute Gasteiger partial charge is 0.344 e. The predicted molar refractivity (Wildman–Crippen MR) is 86.0 cm³/mol. The number of hydrogen-bond acceptors (Lipinski definition) is 6. The molecule has 0 amide bonds. The van der Waals surface area contributed by atoms with Crippen LogP contribution in [0.3, 0.4) is 0 Å². The fourth-order valence-corrected chi connectivity index (χ4v) is 2.29. The molecule has 3 N–H and O–H groups in total. The summed E-state index contributed by atoms with van der Waals surface area (Å²) in [4.78, 5) is 26.9. The molecule has 3 aromatic heterocycles. The summed E-state index contributed by atoms with van der Waals surface area (Å²) >= 11 is 0. The molecule has 23 heavy (non-hydrogen) atoms. The van der Waals surface area contributed by atoms with Crippen molar-refractivity contribution in [2.24, 2.45) is 0 Å². The van der Waals surface area contributed by atoms with Crippen molar-refractivity contribution in [2.45, 2.75) is 26.8 Å². The molecule has 0 fully saturated rings. The average Bonchev–Trinajstić information content (AvgIpc) is 2.94. The highest BCUT2D eigenvalue weighted by molar-refractivity contribution is 5.62. The summed E-state index contributed by atoms with van der Waals surface area (Å²) in [5.41, 5.74) is 3.29. The van der Waals surface area contributed by atoms with E-state index in [9.17, 15) is 4.79 Å². The first-order valence-corrected chi connectivity index (χ1v) is 7.21. The Morgan fingerprint density at radius 2 is 2.00 bits per heavy atom. The number of H-pyrrole nitrogens is 2. The van der Waals surface area contributed by atoms with E-state index in [1.54, 1.807) is 6.20 Å². The lowest BCUT2D eigenvalue weighted by molar-refractivity contribution is 0.783. The van der Waals surface area contributed by atoms with Gasteiger partial charge in [0.2, 0.25) is 5.95 Å². The number of nitrogens with one attached hydrogen (secondary N) is 3. The van der Waals surface area contributed by atoms with E-state index in [0.29, 0.717) is 11.8 Å². The normalized spacial score (nSPS) is 12.1. The third-order valence-electron chi connectivity index (χ3n) is 3.43. The van der Waals surface area contributed by atoms with Gasteiger partial charge in [0.25, 0.3) is 0 Å². The van der Waals surface area contributed by atoms with Gasteiger partial charge in [0, 0.05) is 23.1 Å². The van der Waals surface area contributed by atoms with Crippen molar-refractivity contribution in [3.8, 4) is 11.3 Å². The third kappa shape index (κ3) is 3.25. The van der Waals surface area contributed by atoms with Gasteiger partial charge in [0.1, 0.15) is 0 Å². The topological polar surface area (TPSA) is 112 Å². The highest BCUT2D eigenvalue weighted by Crippen LogP contribution is 2.21. The van der Waals surface area contributed by atoms with Crippen LogP contribution in [0.1, 0.15) is 30.2 Å². The predicted octanol–water partition coefficient (Wildman–Crippen LogP) is 1.74. The Morgan fingerprint density at radius 3 is 2.70 bits per heavy atom. The number of nitrogens with zero attached hydrogens (tertiary/aromatic N) is 4. The Balaban J connectivity index is 1.86. The van der Waals surface area contributed by atoms with Gasteiger partial charge in [-0.3, -0.25) is 9.97 Å². The lowest BCUT2D eigenvalue weighted by Crippen LogP contribution is -2.12. The van der Waals surface area contributed by atoms with E-state index in [4.69, 9.17) is 0 Å². The van der Waals surface area contributed by atoms with Crippen LogP contribution in [0, 0.1) is 13.8 Å². The van der Waals surface area contributed by atoms with Crippen molar-refractivity contribution >= 4 is 5.95 Å². The first kappa shape index (κ1) is 14.9. The highest BCUT2D eigenvalue weighted by Gasteiger charge is 2.12. The Hall–Kier alpha value is -3.03. The van der Waals surface area contributed by atoms with E-state index < -0.39 is 0 Å². The smallest absolute Gasteiger partial charge is 0.340 e. The Kier molecular flexibility index (Phi) is 3.88. The van der Waals surface area contributed by atoms with Gasteiger partial charge < -0.3 is 5.32 Å². The maximum Gasteiger partial charge on any atom is 0.340 e. The second kappa shape index (κ2) is 5.99. The standard InChI is InChI=1S/C15H17N7O/c1-8-4-5-11(9(2)17-8)12-6-7-16-14(19-12)18-10(3)13-20-15(23)22-21-13/h4-7,10H,1-3H3,(H,16,18,19)(H2,20,21,22,23). The molecule has 0 aliphatic carbocycles. The monoisotopic (exact) mass is 311 g/mol. The molecule has 1 unspecified atom stereocenters. The molecule has 0 spiro atoms. The number of rotatable bonds is 4. The van der Waals surface area contributed by atoms with Gasteiger partial charge in [0.05, 0.1) is 11.7 Å². The molecule has 3 rings (SSSR count). The van der Waals surface area contributed by atoms with E-state index in [2.05, 4.69) is 35.5 Å². The number of hydrogen-bond donors (Lipinski definition) is 3. The minimum Gasteiger partial charge on any atom is -0.344 e. The maximum atomic E-state index is 11.1. The van der Waals surface area contributed by atoms with Crippen LogP contribution >= 0.6 is 0 Å². The average molecular weight is 311 g/mol. The SMILES string of the molecule is Cc1ccc(-c2ccnc(NC(C)c3n[nH]c(=O)[nH]3)n2)c(C)n1. The van der Waals surface area contributed by atoms with E-state index >= 15 is 0 Å². The van der Waals surface area contributed by atoms with Crippen molar-refractivity contribution in [1.29, 1.82) is 0 Å². The van der Waals surface area contributed by atoms with Crippen LogP contribution in [0.25, 0.3) is 11.3 Å². The molecular weight excluding hydrogens is 294 g/mol. The molecule has 3 heterocycles. The summed E-state index contributed by atoms with van der Waals surface area (Å²) in [5, 5.41) is 9.35. The Labute approximate surface area is 132 Å².